The molecule has 0 atom stereocenters. The summed E-state index contributed by atoms with van der Waals surface area (Å²) in [4.78, 5) is 12.5. The number of nitrogens with zero attached hydrogens (tertiary/aromatic N) is 4. The molecule has 0 saturated heterocycles. The largest absolute Gasteiger partial charge is 0.491 e. The van der Waals surface area contributed by atoms with E-state index < -0.39 is 0 Å². The van der Waals surface area contributed by atoms with Gasteiger partial charge in [-0.25, -0.2) is 4.68 Å². The highest BCUT2D eigenvalue weighted by Crippen LogP contribution is 2.19. The Kier molecular flexibility index (Phi) is 5.54. The summed E-state index contributed by atoms with van der Waals surface area (Å²) in [7, 11) is 0. The lowest BCUT2D eigenvalue weighted by Crippen LogP contribution is -2.24. The third kappa shape index (κ3) is 4.33. The summed E-state index contributed by atoms with van der Waals surface area (Å²) < 4.78 is 12.4. The van der Waals surface area contributed by atoms with Gasteiger partial charge in [0.05, 0.1) is 29.7 Å². The van der Waals surface area contributed by atoms with Gasteiger partial charge in [-0.05, 0) is 51.5 Å². The van der Waals surface area contributed by atoms with Crippen molar-refractivity contribution in [2.75, 3.05) is 0 Å². The lowest BCUT2D eigenvalue weighted by Gasteiger charge is -2.11. The predicted molar refractivity (Wildman–Crippen MR) is 98.9 cm³/mol. The molecule has 1 amide bonds. The highest BCUT2D eigenvalue weighted by atomic mass is 16.5. The summed E-state index contributed by atoms with van der Waals surface area (Å²) in [6, 6.07) is 9.32. The van der Waals surface area contributed by atoms with Crippen molar-refractivity contribution in [1.82, 2.24) is 25.5 Å². The van der Waals surface area contributed by atoms with E-state index in [1.54, 1.807) is 10.7 Å². The molecule has 8 nitrogen and oxygen atoms in total. The minimum atomic E-state index is -0.299. The highest BCUT2D eigenvalue weighted by Gasteiger charge is 2.19. The number of benzene rings is 1. The van der Waals surface area contributed by atoms with Crippen LogP contribution in [0.1, 0.15) is 48.4 Å². The first kappa shape index (κ1) is 18.6. The molecule has 2 heterocycles. The van der Waals surface area contributed by atoms with Gasteiger partial charge in [0.25, 0.3) is 5.91 Å². The molecular weight excluding hydrogens is 346 g/mol. The number of rotatable bonds is 7. The molecule has 8 heteroatoms. The Bertz CT molecular complexity index is 912. The standard InChI is InChI=1S/C19H23N5O3/c1-5-17-18(19(25)20-11-16-10-13(4)22-27-16)21-23-24(17)14-6-8-15(9-7-14)26-12(2)3/h6-10,12H,5,11H2,1-4H3,(H,20,25). The molecule has 3 rings (SSSR count). The van der Waals surface area contributed by atoms with E-state index in [1.807, 2.05) is 52.0 Å². The van der Waals surface area contributed by atoms with Crippen LogP contribution in [0, 0.1) is 6.92 Å². The lowest BCUT2D eigenvalue weighted by atomic mass is 10.2. The number of aryl methyl sites for hydroxylation is 1. The molecule has 0 bridgehead atoms. The third-order valence-corrected chi connectivity index (χ3v) is 3.87. The van der Waals surface area contributed by atoms with Gasteiger partial charge in [-0.1, -0.05) is 17.3 Å². The maximum absolute atomic E-state index is 12.5. The normalized spacial score (nSPS) is 11.0. The van der Waals surface area contributed by atoms with Gasteiger partial charge in [-0.2, -0.15) is 0 Å². The summed E-state index contributed by atoms with van der Waals surface area (Å²) in [5.41, 5.74) is 2.62. The molecule has 1 N–H and O–H groups in total. The Labute approximate surface area is 157 Å². The lowest BCUT2D eigenvalue weighted by molar-refractivity contribution is 0.0941. The second-order valence-electron chi connectivity index (χ2n) is 6.43. The summed E-state index contributed by atoms with van der Waals surface area (Å²) in [5, 5.41) is 14.8. The predicted octanol–water partition coefficient (Wildman–Crippen LogP) is 2.84. The van der Waals surface area contributed by atoms with Crippen molar-refractivity contribution < 1.29 is 14.1 Å². The van der Waals surface area contributed by atoms with Crippen molar-refractivity contribution >= 4 is 5.91 Å². The van der Waals surface area contributed by atoms with Crippen molar-refractivity contribution in [2.45, 2.75) is 46.8 Å². The van der Waals surface area contributed by atoms with E-state index in [2.05, 4.69) is 20.8 Å². The van der Waals surface area contributed by atoms with Crippen LogP contribution in [-0.2, 0) is 13.0 Å². The van der Waals surface area contributed by atoms with Crippen LogP contribution in [-0.4, -0.2) is 32.2 Å². The maximum Gasteiger partial charge on any atom is 0.274 e. The van der Waals surface area contributed by atoms with E-state index in [9.17, 15) is 4.79 Å². The summed E-state index contributed by atoms with van der Waals surface area (Å²) in [6.45, 7) is 7.99. The van der Waals surface area contributed by atoms with Gasteiger partial charge >= 0.3 is 0 Å². The third-order valence-electron chi connectivity index (χ3n) is 3.87. The van der Waals surface area contributed by atoms with Gasteiger partial charge in [-0.3, -0.25) is 4.79 Å². The zero-order valence-corrected chi connectivity index (χ0v) is 15.9. The van der Waals surface area contributed by atoms with Gasteiger partial charge < -0.3 is 14.6 Å². The number of carbonyl (C=O) groups excluding carboxylic acids is 1. The number of amides is 1. The van der Waals surface area contributed by atoms with Crippen LogP contribution in [0.5, 0.6) is 5.75 Å². The molecular formula is C19H23N5O3. The van der Waals surface area contributed by atoms with E-state index in [0.717, 1.165) is 22.8 Å². The average Bonchev–Trinajstić information content (AvgIpc) is 3.25. The number of aromatic nitrogens is 4. The molecule has 0 unspecified atom stereocenters. The number of ether oxygens (including phenoxy) is 1. The van der Waals surface area contributed by atoms with Crippen LogP contribution in [0.15, 0.2) is 34.9 Å². The molecule has 0 aliphatic carbocycles. The van der Waals surface area contributed by atoms with Crippen molar-refractivity contribution in [3.05, 3.63) is 53.2 Å². The quantitative estimate of drug-likeness (QED) is 0.688. The van der Waals surface area contributed by atoms with Gasteiger partial charge in [0.2, 0.25) is 0 Å². The number of hydrogen-bond acceptors (Lipinski definition) is 6. The molecule has 27 heavy (non-hydrogen) atoms. The van der Waals surface area contributed by atoms with Crippen molar-refractivity contribution in [3.63, 3.8) is 0 Å². The fourth-order valence-corrected chi connectivity index (χ4v) is 2.69. The minimum absolute atomic E-state index is 0.108. The zero-order chi connectivity index (χ0) is 19.4. The molecule has 1 aromatic carbocycles. The average molecular weight is 369 g/mol. The number of nitrogens with one attached hydrogen (secondary N) is 1. The second kappa shape index (κ2) is 8.03. The van der Waals surface area contributed by atoms with E-state index >= 15 is 0 Å². The fourth-order valence-electron chi connectivity index (χ4n) is 2.69. The first-order valence-electron chi connectivity index (χ1n) is 8.90. The molecule has 0 aliphatic heterocycles. The van der Waals surface area contributed by atoms with Gasteiger partial charge in [0.1, 0.15) is 5.75 Å². The Morgan fingerprint density at radius 2 is 2.04 bits per heavy atom. The summed E-state index contributed by atoms with van der Waals surface area (Å²) >= 11 is 0. The van der Waals surface area contributed by atoms with Gasteiger partial charge in [0.15, 0.2) is 11.5 Å². The first-order valence-corrected chi connectivity index (χ1v) is 8.90. The molecule has 0 spiro atoms. The Morgan fingerprint density at radius 1 is 1.30 bits per heavy atom. The Balaban J connectivity index is 1.76. The molecule has 0 saturated carbocycles. The van der Waals surface area contributed by atoms with Crippen LogP contribution < -0.4 is 10.1 Å². The van der Waals surface area contributed by atoms with Crippen molar-refractivity contribution in [2.24, 2.45) is 0 Å². The summed E-state index contributed by atoms with van der Waals surface area (Å²) in [5.74, 6) is 1.08. The van der Waals surface area contributed by atoms with E-state index in [1.165, 1.54) is 0 Å². The topological polar surface area (TPSA) is 95.1 Å². The Morgan fingerprint density at radius 3 is 2.63 bits per heavy atom. The molecule has 0 fully saturated rings. The first-order chi connectivity index (χ1) is 13.0. The Hall–Kier alpha value is -3.16. The molecule has 0 radical (unpaired) electrons. The fraction of sp³-hybridized carbons (Fsp3) is 0.368. The molecule has 142 valence electrons. The zero-order valence-electron chi connectivity index (χ0n) is 15.9. The van der Waals surface area contributed by atoms with Crippen LogP contribution in [0.25, 0.3) is 5.69 Å². The van der Waals surface area contributed by atoms with Crippen molar-refractivity contribution in [1.29, 1.82) is 0 Å². The van der Waals surface area contributed by atoms with Gasteiger partial charge in [-0.15, -0.1) is 5.10 Å². The highest BCUT2D eigenvalue weighted by molar-refractivity contribution is 5.93. The monoisotopic (exact) mass is 369 g/mol. The van der Waals surface area contributed by atoms with E-state index in [4.69, 9.17) is 9.26 Å². The maximum atomic E-state index is 12.5. The van der Waals surface area contributed by atoms with Crippen LogP contribution in [0.2, 0.25) is 0 Å². The van der Waals surface area contributed by atoms with Crippen molar-refractivity contribution in [3.8, 4) is 11.4 Å². The number of carbonyl (C=O) groups is 1. The molecule has 0 aliphatic rings. The van der Waals surface area contributed by atoms with Crippen LogP contribution in [0.3, 0.4) is 0 Å². The second-order valence-corrected chi connectivity index (χ2v) is 6.43. The summed E-state index contributed by atoms with van der Waals surface area (Å²) in [6.07, 6.45) is 0.721. The smallest absolute Gasteiger partial charge is 0.274 e. The van der Waals surface area contributed by atoms with Crippen LogP contribution in [0.4, 0.5) is 0 Å². The minimum Gasteiger partial charge on any atom is -0.491 e. The van der Waals surface area contributed by atoms with E-state index in [0.29, 0.717) is 17.9 Å². The molecule has 3 aromatic rings. The van der Waals surface area contributed by atoms with Gasteiger partial charge in [0, 0.05) is 6.07 Å². The SMILES string of the molecule is CCc1c(C(=O)NCc2cc(C)no2)nnn1-c1ccc(OC(C)C)cc1. The number of hydrogen-bond donors (Lipinski definition) is 1. The van der Waals surface area contributed by atoms with E-state index in [-0.39, 0.29) is 18.6 Å². The molecule has 2 aromatic heterocycles. The van der Waals surface area contributed by atoms with Crippen LogP contribution >= 0.6 is 0 Å².